The molecule has 182 valence electrons. The zero-order valence-corrected chi connectivity index (χ0v) is 19.9. The number of nitrogens with one attached hydrogen (secondary N) is 1. The summed E-state index contributed by atoms with van der Waals surface area (Å²) in [6.45, 7) is 1.68. The van der Waals surface area contributed by atoms with E-state index in [1.165, 1.54) is 32.4 Å². The minimum atomic E-state index is -1.17. The fourth-order valence-corrected chi connectivity index (χ4v) is 5.00. The van der Waals surface area contributed by atoms with Gasteiger partial charge in [-0.05, 0) is 37.1 Å². The van der Waals surface area contributed by atoms with Crippen molar-refractivity contribution in [3.63, 3.8) is 0 Å². The molecule has 0 bridgehead atoms. The molecule has 0 unspecified atom stereocenters. The van der Waals surface area contributed by atoms with Gasteiger partial charge in [-0.3, -0.25) is 9.59 Å². The number of ether oxygens (including phenoxy) is 3. The smallest absolute Gasteiger partial charge is 0.336 e. The highest BCUT2D eigenvalue weighted by Gasteiger charge is 2.49. The first-order valence-electron chi connectivity index (χ1n) is 11.1. The molecule has 4 rings (SSSR count). The van der Waals surface area contributed by atoms with Crippen molar-refractivity contribution in [1.29, 1.82) is 0 Å². The largest absolute Gasteiger partial charge is 0.497 e. The van der Waals surface area contributed by atoms with Gasteiger partial charge < -0.3 is 19.5 Å². The Morgan fingerprint density at radius 2 is 1.69 bits per heavy atom. The Bertz CT molecular complexity index is 1250. The average Bonchev–Trinajstić information content (AvgIpc) is 2.87. The minimum absolute atomic E-state index is 0.121. The maximum absolute atomic E-state index is 15.0. The number of ketones is 1. The van der Waals surface area contributed by atoms with Crippen molar-refractivity contribution in [2.24, 2.45) is 5.92 Å². The molecule has 7 nitrogen and oxygen atoms in total. The van der Waals surface area contributed by atoms with Crippen LogP contribution in [0.15, 0.2) is 71.1 Å². The van der Waals surface area contributed by atoms with Gasteiger partial charge >= 0.3 is 11.9 Å². The van der Waals surface area contributed by atoms with E-state index >= 15 is 4.39 Å². The van der Waals surface area contributed by atoms with E-state index in [0.29, 0.717) is 17.1 Å². The second kappa shape index (κ2) is 9.74. The van der Waals surface area contributed by atoms with Crippen LogP contribution in [-0.4, -0.2) is 39.1 Å². The number of hydrogen-bond donors (Lipinski definition) is 1. The summed E-state index contributed by atoms with van der Waals surface area (Å²) < 4.78 is 30.2. The summed E-state index contributed by atoms with van der Waals surface area (Å²) in [5.74, 6) is -4.55. The molecule has 2 aromatic carbocycles. The fraction of sp³-hybridized carbons (Fsp3) is 0.296. The lowest BCUT2D eigenvalue weighted by Crippen LogP contribution is -2.43. The fourth-order valence-electron chi connectivity index (χ4n) is 5.00. The number of esters is 2. The van der Waals surface area contributed by atoms with Crippen LogP contribution in [0.25, 0.3) is 0 Å². The standard InChI is InChI=1S/C27H26FNO6/c1-14-21(26(31)34-3)22(17-7-5-6-8-19(17)28)24-20(29-14)13-18(23(25(24)30)27(32)35-4)15-9-11-16(33-2)12-10-15/h5-12,18,22-23,29H,13H2,1-4H3/t18-,22+,23+/m1/s1. The summed E-state index contributed by atoms with van der Waals surface area (Å²) in [6, 6.07) is 13.1. The van der Waals surface area contributed by atoms with Crippen LogP contribution >= 0.6 is 0 Å². The Balaban J connectivity index is 1.90. The van der Waals surface area contributed by atoms with Gasteiger partial charge in [-0.25, -0.2) is 9.18 Å². The first-order chi connectivity index (χ1) is 16.8. The van der Waals surface area contributed by atoms with E-state index in [1.54, 1.807) is 44.4 Å². The molecule has 0 radical (unpaired) electrons. The zero-order valence-electron chi connectivity index (χ0n) is 19.9. The molecule has 3 atom stereocenters. The predicted molar refractivity (Wildman–Crippen MR) is 125 cm³/mol. The molecule has 0 amide bonds. The number of Topliss-reactive ketones (excluding diaryl/α,β-unsaturated/α-hetero) is 1. The van der Waals surface area contributed by atoms with Crippen LogP contribution in [0.4, 0.5) is 4.39 Å². The van der Waals surface area contributed by atoms with Gasteiger partial charge in [-0.1, -0.05) is 30.3 Å². The maximum atomic E-state index is 15.0. The van der Waals surface area contributed by atoms with E-state index in [4.69, 9.17) is 14.2 Å². The lowest BCUT2D eigenvalue weighted by Gasteiger charge is -2.39. The third-order valence-corrected chi connectivity index (χ3v) is 6.64. The second-order valence-electron chi connectivity index (χ2n) is 8.45. The molecule has 1 aliphatic carbocycles. The molecular weight excluding hydrogens is 453 g/mol. The SMILES string of the molecule is COC(=O)C1=C(C)NC2=C(C(=O)[C@@H](C(=O)OC)[C@@H](c3ccc(OC)cc3)C2)[C@H]1c1ccccc1F. The molecule has 1 N–H and O–H groups in total. The van der Waals surface area contributed by atoms with E-state index in [-0.39, 0.29) is 23.1 Å². The number of carbonyl (C=O) groups excluding carboxylic acids is 3. The number of carbonyl (C=O) groups is 3. The Kier molecular flexibility index (Phi) is 6.73. The normalized spacial score (nSPS) is 21.7. The van der Waals surface area contributed by atoms with Gasteiger partial charge in [0, 0.05) is 28.4 Å². The van der Waals surface area contributed by atoms with Gasteiger partial charge in [-0.15, -0.1) is 0 Å². The monoisotopic (exact) mass is 479 g/mol. The van der Waals surface area contributed by atoms with Gasteiger partial charge in [0.25, 0.3) is 0 Å². The minimum Gasteiger partial charge on any atom is -0.497 e. The number of hydrogen-bond acceptors (Lipinski definition) is 7. The first-order valence-corrected chi connectivity index (χ1v) is 11.1. The topological polar surface area (TPSA) is 90.9 Å². The van der Waals surface area contributed by atoms with Crippen LogP contribution in [0.5, 0.6) is 5.75 Å². The number of benzene rings is 2. The van der Waals surface area contributed by atoms with Gasteiger partial charge in [-0.2, -0.15) is 0 Å². The summed E-state index contributed by atoms with van der Waals surface area (Å²) in [6.07, 6.45) is 0.282. The van der Waals surface area contributed by atoms with Crippen molar-refractivity contribution < 1.29 is 33.0 Å². The van der Waals surface area contributed by atoms with Crippen LogP contribution in [0.1, 0.15) is 36.3 Å². The molecule has 1 aliphatic heterocycles. The van der Waals surface area contributed by atoms with Crippen LogP contribution in [0, 0.1) is 11.7 Å². The molecule has 0 saturated heterocycles. The van der Waals surface area contributed by atoms with E-state index in [1.807, 2.05) is 0 Å². The molecule has 0 fully saturated rings. The number of dihydropyridines is 1. The number of allylic oxidation sites excluding steroid dienone is 3. The Labute approximate surface area is 202 Å². The van der Waals surface area contributed by atoms with Gasteiger partial charge in [0.1, 0.15) is 17.5 Å². The van der Waals surface area contributed by atoms with Crippen LogP contribution in [0.3, 0.4) is 0 Å². The van der Waals surface area contributed by atoms with Crippen LogP contribution < -0.4 is 10.1 Å². The molecule has 0 spiro atoms. The molecule has 2 aliphatic rings. The van der Waals surface area contributed by atoms with E-state index < -0.39 is 41.3 Å². The van der Waals surface area contributed by atoms with Crippen LogP contribution in [0.2, 0.25) is 0 Å². The lowest BCUT2D eigenvalue weighted by molar-refractivity contribution is -0.150. The quantitative estimate of drug-likeness (QED) is 0.516. The van der Waals surface area contributed by atoms with Gasteiger partial charge in [0.15, 0.2) is 5.78 Å². The summed E-state index contributed by atoms with van der Waals surface area (Å²) >= 11 is 0. The van der Waals surface area contributed by atoms with E-state index in [2.05, 4.69) is 5.32 Å². The van der Waals surface area contributed by atoms with Crippen molar-refractivity contribution in [3.05, 3.63) is 88.0 Å². The number of methoxy groups -OCH3 is 3. The Morgan fingerprint density at radius 1 is 1.00 bits per heavy atom. The highest BCUT2D eigenvalue weighted by Crippen LogP contribution is 2.48. The lowest BCUT2D eigenvalue weighted by atomic mass is 9.67. The molecule has 2 aromatic rings. The molecule has 35 heavy (non-hydrogen) atoms. The van der Waals surface area contributed by atoms with Gasteiger partial charge in [0.05, 0.1) is 32.8 Å². The second-order valence-corrected chi connectivity index (χ2v) is 8.45. The van der Waals surface area contributed by atoms with Crippen molar-refractivity contribution >= 4 is 17.7 Å². The van der Waals surface area contributed by atoms with E-state index in [9.17, 15) is 14.4 Å². The molecule has 8 heteroatoms. The van der Waals surface area contributed by atoms with Crippen molar-refractivity contribution in [1.82, 2.24) is 5.32 Å². The summed E-state index contributed by atoms with van der Waals surface area (Å²) in [5.41, 5.74) is 2.19. The van der Waals surface area contributed by atoms with Crippen molar-refractivity contribution in [2.75, 3.05) is 21.3 Å². The summed E-state index contributed by atoms with van der Waals surface area (Å²) in [4.78, 5) is 39.7. The summed E-state index contributed by atoms with van der Waals surface area (Å²) in [5, 5.41) is 3.17. The summed E-state index contributed by atoms with van der Waals surface area (Å²) in [7, 11) is 4.00. The molecule has 1 heterocycles. The van der Waals surface area contributed by atoms with Gasteiger partial charge in [0.2, 0.25) is 0 Å². The number of halogens is 1. The third-order valence-electron chi connectivity index (χ3n) is 6.64. The predicted octanol–water partition coefficient (Wildman–Crippen LogP) is 3.77. The molecule has 0 saturated carbocycles. The maximum Gasteiger partial charge on any atom is 0.336 e. The third kappa shape index (κ3) is 4.20. The highest BCUT2D eigenvalue weighted by atomic mass is 19.1. The van der Waals surface area contributed by atoms with E-state index in [0.717, 1.165) is 5.56 Å². The molecule has 0 aromatic heterocycles. The van der Waals surface area contributed by atoms with Crippen LogP contribution in [-0.2, 0) is 23.9 Å². The Hall–Kier alpha value is -3.94. The highest BCUT2D eigenvalue weighted by molar-refractivity contribution is 6.13. The zero-order chi connectivity index (χ0) is 25.3. The first kappa shape index (κ1) is 24.2. The van der Waals surface area contributed by atoms with Crippen molar-refractivity contribution in [2.45, 2.75) is 25.2 Å². The van der Waals surface area contributed by atoms with Crippen molar-refractivity contribution in [3.8, 4) is 5.75 Å². The Morgan fingerprint density at radius 3 is 2.29 bits per heavy atom. The number of rotatable bonds is 5. The molecular formula is C27H26FNO6. The average molecular weight is 480 g/mol.